The van der Waals surface area contributed by atoms with Gasteiger partial charge in [-0.3, -0.25) is 14.2 Å². The lowest BCUT2D eigenvalue weighted by Crippen LogP contribution is -2.33. The monoisotopic (exact) mass is 581 g/mol. The van der Waals surface area contributed by atoms with E-state index in [2.05, 4.69) is 42.6 Å². The minimum atomic E-state index is -1.02. The second kappa shape index (κ2) is 13.1. The lowest BCUT2D eigenvalue weighted by atomic mass is 10.1. The van der Waals surface area contributed by atoms with Gasteiger partial charge in [0.1, 0.15) is 5.56 Å². The topological polar surface area (TPSA) is 105 Å². The smallest absolute Gasteiger partial charge is 0.266 e. The van der Waals surface area contributed by atoms with E-state index in [0.29, 0.717) is 11.5 Å². The van der Waals surface area contributed by atoms with Crippen molar-refractivity contribution in [1.82, 2.24) is 29.7 Å². The number of carbonyl (C=O) groups is 1. The van der Waals surface area contributed by atoms with Crippen LogP contribution in [0.1, 0.15) is 27.0 Å². The van der Waals surface area contributed by atoms with E-state index in [0.717, 1.165) is 45.4 Å². The van der Waals surface area contributed by atoms with Crippen molar-refractivity contribution in [2.24, 2.45) is 0 Å². The van der Waals surface area contributed by atoms with E-state index in [1.165, 1.54) is 24.2 Å². The maximum absolute atomic E-state index is 13.5. The molecule has 0 unspecified atom stereocenters. The first-order valence-corrected chi connectivity index (χ1v) is 13.5. The highest BCUT2D eigenvalue weighted by molar-refractivity contribution is 5.93. The van der Waals surface area contributed by atoms with Crippen LogP contribution in [0.25, 0.3) is 17.0 Å². The SMILES string of the molecule is CN(C)Cc1ccc(Nc2ncc3cc(C=CCNC(=O)c4cncn(Cc5ccc(F)c(F)c5)c4=O)ccc3n2)cc1. The van der Waals surface area contributed by atoms with Gasteiger partial charge in [-0.25, -0.2) is 23.7 Å². The summed E-state index contributed by atoms with van der Waals surface area (Å²) in [7, 11) is 4.06. The van der Waals surface area contributed by atoms with Crippen LogP contribution in [0.5, 0.6) is 0 Å². The lowest BCUT2D eigenvalue weighted by Gasteiger charge is -2.11. The second-order valence-electron chi connectivity index (χ2n) is 10.2. The van der Waals surface area contributed by atoms with E-state index < -0.39 is 23.1 Å². The van der Waals surface area contributed by atoms with E-state index in [1.807, 2.05) is 50.5 Å². The fourth-order valence-corrected chi connectivity index (χ4v) is 4.40. The predicted octanol–water partition coefficient (Wildman–Crippen LogP) is 4.76. The average Bonchev–Trinajstić information content (AvgIpc) is 2.99. The second-order valence-corrected chi connectivity index (χ2v) is 10.2. The van der Waals surface area contributed by atoms with Gasteiger partial charge in [0, 0.05) is 36.6 Å². The quantitative estimate of drug-likeness (QED) is 0.245. The Morgan fingerprint density at radius 3 is 2.53 bits per heavy atom. The van der Waals surface area contributed by atoms with Gasteiger partial charge in [-0.05, 0) is 67.2 Å². The molecule has 2 N–H and O–H groups in total. The minimum Gasteiger partial charge on any atom is -0.348 e. The highest BCUT2D eigenvalue weighted by Crippen LogP contribution is 2.19. The lowest BCUT2D eigenvalue weighted by molar-refractivity contribution is 0.0955. The van der Waals surface area contributed by atoms with Crippen molar-refractivity contribution in [1.29, 1.82) is 0 Å². The third kappa shape index (κ3) is 7.52. The maximum atomic E-state index is 13.5. The summed E-state index contributed by atoms with van der Waals surface area (Å²) in [5.41, 5.74) is 3.40. The van der Waals surface area contributed by atoms with Gasteiger partial charge in [0.2, 0.25) is 5.95 Å². The van der Waals surface area contributed by atoms with E-state index >= 15 is 0 Å². The van der Waals surface area contributed by atoms with Crippen LogP contribution < -0.4 is 16.2 Å². The van der Waals surface area contributed by atoms with Crippen LogP contribution in [0.15, 0.2) is 90.3 Å². The molecule has 5 rings (SSSR count). The zero-order valence-corrected chi connectivity index (χ0v) is 23.6. The highest BCUT2D eigenvalue weighted by Gasteiger charge is 2.13. The summed E-state index contributed by atoms with van der Waals surface area (Å²) in [5, 5.41) is 6.76. The number of nitrogens with zero attached hydrogens (tertiary/aromatic N) is 5. The maximum Gasteiger partial charge on any atom is 0.266 e. The van der Waals surface area contributed by atoms with Gasteiger partial charge < -0.3 is 15.5 Å². The van der Waals surface area contributed by atoms with E-state index in [-0.39, 0.29) is 18.7 Å². The zero-order valence-electron chi connectivity index (χ0n) is 23.6. The Labute approximate surface area is 246 Å². The molecule has 218 valence electrons. The van der Waals surface area contributed by atoms with Gasteiger partial charge in [-0.15, -0.1) is 0 Å². The number of rotatable bonds is 10. The normalized spacial score (nSPS) is 11.4. The molecule has 0 bridgehead atoms. The molecule has 0 spiro atoms. The van der Waals surface area contributed by atoms with Gasteiger partial charge in [-0.2, -0.15) is 0 Å². The molecule has 0 aliphatic heterocycles. The fourth-order valence-electron chi connectivity index (χ4n) is 4.40. The molecule has 9 nitrogen and oxygen atoms in total. The number of benzene rings is 3. The molecule has 11 heteroatoms. The standard InChI is InChI=1S/C32H29F2N7O2/c1-40(2)18-22-5-9-25(10-6-22)38-32-37-16-24-14-21(8-12-29(24)39-32)4-3-13-36-30(42)26-17-35-20-41(31(26)43)19-23-7-11-27(33)28(34)15-23/h3-12,14-17,20H,13,18-19H2,1-2H3,(H,36,42)(H,37,38,39). The Balaban J connectivity index is 1.18. The summed E-state index contributed by atoms with van der Waals surface area (Å²) in [4.78, 5) is 40.5. The fraction of sp³-hybridized carbons (Fsp3) is 0.156. The number of hydrogen-bond donors (Lipinski definition) is 2. The number of anilines is 2. The number of halogens is 2. The van der Waals surface area contributed by atoms with E-state index in [4.69, 9.17) is 0 Å². The summed E-state index contributed by atoms with van der Waals surface area (Å²) >= 11 is 0. The molecule has 5 aromatic rings. The molecule has 2 aromatic heterocycles. The summed E-state index contributed by atoms with van der Waals surface area (Å²) in [6.45, 7) is 0.976. The van der Waals surface area contributed by atoms with Crippen LogP contribution in [-0.4, -0.2) is 51.0 Å². The van der Waals surface area contributed by atoms with E-state index in [1.54, 1.807) is 12.3 Å². The molecule has 1 amide bonds. The first-order valence-electron chi connectivity index (χ1n) is 13.5. The van der Waals surface area contributed by atoms with Gasteiger partial charge >= 0.3 is 0 Å². The minimum absolute atomic E-state index is 0.0581. The van der Waals surface area contributed by atoms with Crippen LogP contribution in [0, 0.1) is 11.6 Å². The predicted molar refractivity (Wildman–Crippen MR) is 162 cm³/mol. The number of amides is 1. The van der Waals surface area contributed by atoms with Gasteiger partial charge in [-0.1, -0.05) is 36.4 Å². The summed E-state index contributed by atoms with van der Waals surface area (Å²) in [6, 6.07) is 17.2. The number of fused-ring (bicyclic) bond motifs is 1. The first kappa shape index (κ1) is 29.2. The van der Waals surface area contributed by atoms with Crippen molar-refractivity contribution in [2.45, 2.75) is 13.1 Å². The third-order valence-electron chi connectivity index (χ3n) is 6.49. The molecular formula is C32H29F2N7O2. The van der Waals surface area contributed by atoms with Gasteiger partial charge in [0.05, 0.1) is 18.4 Å². The molecule has 0 saturated heterocycles. The first-order chi connectivity index (χ1) is 20.7. The third-order valence-corrected chi connectivity index (χ3v) is 6.49. The Morgan fingerprint density at radius 2 is 1.77 bits per heavy atom. The van der Waals surface area contributed by atoms with E-state index in [9.17, 15) is 18.4 Å². The Hall–Kier alpha value is -5.29. The molecule has 0 fully saturated rings. The largest absolute Gasteiger partial charge is 0.348 e. The van der Waals surface area contributed by atoms with Gasteiger partial charge in [0.15, 0.2) is 11.6 Å². The number of nitrogens with one attached hydrogen (secondary N) is 2. The summed E-state index contributed by atoms with van der Waals surface area (Å²) in [6.07, 6.45) is 7.76. The number of hydrogen-bond acceptors (Lipinski definition) is 7. The Bertz CT molecular complexity index is 1850. The Kier molecular flexibility index (Phi) is 8.92. The molecule has 0 aliphatic rings. The molecule has 0 atom stereocenters. The van der Waals surface area contributed by atoms with Crippen LogP contribution in [0.4, 0.5) is 20.4 Å². The van der Waals surface area contributed by atoms with Crippen molar-refractivity contribution in [3.05, 3.63) is 130 Å². The van der Waals surface area contributed by atoms with Gasteiger partial charge in [0.25, 0.3) is 11.5 Å². The van der Waals surface area contributed by atoms with Crippen molar-refractivity contribution in [3.63, 3.8) is 0 Å². The van der Waals surface area contributed by atoms with Crippen LogP contribution in [-0.2, 0) is 13.1 Å². The Morgan fingerprint density at radius 1 is 0.977 bits per heavy atom. The van der Waals surface area contributed by atoms with Crippen molar-refractivity contribution in [3.8, 4) is 0 Å². The average molecular weight is 582 g/mol. The summed E-state index contributed by atoms with van der Waals surface area (Å²) in [5.74, 6) is -2.09. The zero-order chi connectivity index (χ0) is 30.3. The molecule has 2 heterocycles. The molecular weight excluding hydrogens is 552 g/mol. The van der Waals surface area contributed by atoms with Crippen LogP contribution in [0.3, 0.4) is 0 Å². The van der Waals surface area contributed by atoms with Crippen molar-refractivity contribution in [2.75, 3.05) is 26.0 Å². The molecule has 0 saturated carbocycles. The highest BCUT2D eigenvalue weighted by atomic mass is 19.2. The molecule has 3 aromatic carbocycles. The van der Waals surface area contributed by atoms with Crippen molar-refractivity contribution < 1.29 is 13.6 Å². The number of aromatic nitrogens is 4. The van der Waals surface area contributed by atoms with Crippen LogP contribution in [0.2, 0.25) is 0 Å². The molecule has 0 radical (unpaired) electrons. The molecule has 0 aliphatic carbocycles. The number of carbonyl (C=O) groups excluding carboxylic acids is 1. The molecule has 43 heavy (non-hydrogen) atoms. The van der Waals surface area contributed by atoms with Crippen LogP contribution >= 0.6 is 0 Å². The summed E-state index contributed by atoms with van der Waals surface area (Å²) < 4.78 is 27.9. The van der Waals surface area contributed by atoms with Crippen molar-refractivity contribution >= 4 is 34.5 Å².